The molecule has 0 bridgehead atoms. The lowest BCUT2D eigenvalue weighted by molar-refractivity contribution is -0.118. The van der Waals surface area contributed by atoms with E-state index in [-0.39, 0.29) is 11.9 Å². The molecule has 2 aliphatic carbocycles. The van der Waals surface area contributed by atoms with E-state index in [1.165, 1.54) is 12.5 Å². The lowest BCUT2D eigenvalue weighted by Crippen LogP contribution is -2.44. The van der Waals surface area contributed by atoms with Crippen molar-refractivity contribution in [2.75, 3.05) is 0 Å². The van der Waals surface area contributed by atoms with Gasteiger partial charge in [0.15, 0.2) is 0 Å². The van der Waals surface area contributed by atoms with Gasteiger partial charge >= 0.3 is 0 Å². The highest BCUT2D eigenvalue weighted by Gasteiger charge is 2.36. The topological polar surface area (TPSA) is 62.5 Å². The number of furan rings is 1. The number of hydrogen-bond donors (Lipinski definition) is 2. The van der Waals surface area contributed by atoms with Crippen molar-refractivity contribution in [1.82, 2.24) is 5.32 Å². The highest BCUT2D eigenvalue weighted by molar-refractivity contribution is 5.91. The summed E-state index contributed by atoms with van der Waals surface area (Å²) in [6.45, 7) is 2.21. The number of nitrogens with one attached hydrogen (secondary N) is 1. The Morgan fingerprint density at radius 1 is 1.38 bits per heavy atom. The van der Waals surface area contributed by atoms with Gasteiger partial charge in [0.1, 0.15) is 11.5 Å². The van der Waals surface area contributed by atoms with Crippen LogP contribution in [0.2, 0.25) is 0 Å². The van der Waals surface area contributed by atoms with E-state index in [0.29, 0.717) is 17.6 Å². The summed E-state index contributed by atoms with van der Waals surface area (Å²) in [5, 5.41) is 12.7. The van der Waals surface area contributed by atoms with Crippen molar-refractivity contribution in [1.29, 1.82) is 0 Å². The first-order chi connectivity index (χ1) is 10.1. The molecule has 2 saturated carbocycles. The van der Waals surface area contributed by atoms with E-state index in [4.69, 9.17) is 4.42 Å². The van der Waals surface area contributed by atoms with Crippen LogP contribution in [0.25, 0.3) is 6.08 Å². The monoisotopic (exact) mass is 289 g/mol. The van der Waals surface area contributed by atoms with E-state index in [9.17, 15) is 9.90 Å². The zero-order valence-electron chi connectivity index (χ0n) is 12.4. The smallest absolute Gasteiger partial charge is 0.244 e. The van der Waals surface area contributed by atoms with Crippen molar-refractivity contribution in [3.8, 4) is 0 Å². The molecule has 114 valence electrons. The Balaban J connectivity index is 1.53. The third kappa shape index (κ3) is 3.56. The third-order valence-electron chi connectivity index (χ3n) is 4.58. The average Bonchev–Trinajstić information content (AvgIpc) is 3.01. The second kappa shape index (κ2) is 6.06. The SMILES string of the molecule is CC1CC1c1ccc(/C=C/C(=O)NC2CCCCC2O)o1. The van der Waals surface area contributed by atoms with Crippen molar-refractivity contribution in [2.24, 2.45) is 5.92 Å². The summed E-state index contributed by atoms with van der Waals surface area (Å²) in [6, 6.07) is 3.78. The van der Waals surface area contributed by atoms with Crippen molar-refractivity contribution in [2.45, 2.75) is 57.1 Å². The molecule has 1 heterocycles. The molecule has 1 amide bonds. The summed E-state index contributed by atoms with van der Waals surface area (Å²) < 4.78 is 5.72. The zero-order valence-corrected chi connectivity index (χ0v) is 12.4. The fourth-order valence-corrected chi connectivity index (χ4v) is 3.04. The number of aliphatic hydroxyl groups excluding tert-OH is 1. The fraction of sp³-hybridized carbons (Fsp3) is 0.588. The van der Waals surface area contributed by atoms with Gasteiger partial charge in [0, 0.05) is 12.0 Å². The molecule has 2 N–H and O–H groups in total. The summed E-state index contributed by atoms with van der Waals surface area (Å²) >= 11 is 0. The van der Waals surface area contributed by atoms with Gasteiger partial charge in [-0.05, 0) is 43.4 Å². The molecular weight excluding hydrogens is 266 g/mol. The van der Waals surface area contributed by atoms with Crippen LogP contribution < -0.4 is 5.32 Å². The highest BCUT2D eigenvalue weighted by atomic mass is 16.3. The molecule has 21 heavy (non-hydrogen) atoms. The van der Waals surface area contributed by atoms with Crippen LogP contribution in [0.1, 0.15) is 56.5 Å². The quantitative estimate of drug-likeness (QED) is 0.838. The van der Waals surface area contributed by atoms with Crippen LogP contribution in [0.4, 0.5) is 0 Å². The zero-order chi connectivity index (χ0) is 14.8. The second-order valence-corrected chi connectivity index (χ2v) is 6.36. The molecule has 1 aromatic rings. The number of aliphatic hydroxyl groups is 1. The molecule has 2 aliphatic rings. The van der Waals surface area contributed by atoms with Crippen LogP contribution in [0.15, 0.2) is 22.6 Å². The van der Waals surface area contributed by atoms with Gasteiger partial charge in [-0.2, -0.15) is 0 Å². The third-order valence-corrected chi connectivity index (χ3v) is 4.58. The van der Waals surface area contributed by atoms with E-state index in [0.717, 1.165) is 31.4 Å². The van der Waals surface area contributed by atoms with Crippen LogP contribution in [-0.2, 0) is 4.79 Å². The number of amides is 1. The van der Waals surface area contributed by atoms with Gasteiger partial charge in [-0.25, -0.2) is 0 Å². The number of carbonyl (C=O) groups is 1. The predicted octanol–water partition coefficient (Wildman–Crippen LogP) is 2.84. The van der Waals surface area contributed by atoms with Crippen LogP contribution in [0, 0.1) is 5.92 Å². The molecule has 4 unspecified atom stereocenters. The molecule has 0 saturated heterocycles. The summed E-state index contributed by atoms with van der Waals surface area (Å²) in [4.78, 5) is 11.9. The summed E-state index contributed by atoms with van der Waals surface area (Å²) in [6.07, 6.45) is 7.69. The molecule has 0 spiro atoms. The minimum atomic E-state index is -0.414. The van der Waals surface area contributed by atoms with Crippen molar-refractivity contribution in [3.05, 3.63) is 29.7 Å². The van der Waals surface area contributed by atoms with E-state index < -0.39 is 6.10 Å². The summed E-state index contributed by atoms with van der Waals surface area (Å²) in [5.74, 6) is 2.83. The van der Waals surface area contributed by atoms with Crippen LogP contribution in [0.5, 0.6) is 0 Å². The van der Waals surface area contributed by atoms with E-state index in [2.05, 4.69) is 12.2 Å². The Hall–Kier alpha value is -1.55. The Labute approximate surface area is 125 Å². The minimum Gasteiger partial charge on any atom is -0.461 e. The normalized spacial score (nSPS) is 32.3. The molecule has 0 radical (unpaired) electrons. The minimum absolute atomic E-state index is 0.115. The number of carbonyl (C=O) groups excluding carboxylic acids is 1. The number of hydrogen-bond acceptors (Lipinski definition) is 3. The van der Waals surface area contributed by atoms with E-state index in [1.807, 2.05) is 12.1 Å². The van der Waals surface area contributed by atoms with Crippen molar-refractivity contribution >= 4 is 12.0 Å². The van der Waals surface area contributed by atoms with Crippen LogP contribution in [0.3, 0.4) is 0 Å². The molecule has 0 aromatic carbocycles. The Kier molecular flexibility index (Phi) is 4.15. The van der Waals surface area contributed by atoms with Gasteiger partial charge in [0.05, 0.1) is 12.1 Å². The molecule has 4 atom stereocenters. The maximum absolute atomic E-state index is 11.9. The Bertz CT molecular complexity index is 534. The van der Waals surface area contributed by atoms with E-state index in [1.54, 1.807) is 6.08 Å². The summed E-state index contributed by atoms with van der Waals surface area (Å²) in [7, 11) is 0. The van der Waals surface area contributed by atoms with Crippen LogP contribution >= 0.6 is 0 Å². The average molecular weight is 289 g/mol. The van der Waals surface area contributed by atoms with Crippen LogP contribution in [-0.4, -0.2) is 23.2 Å². The standard InChI is InChI=1S/C17H23NO3/c1-11-10-13(11)16-8-6-12(21-16)7-9-17(20)18-14-4-2-3-5-15(14)19/h6-9,11,13-15,19H,2-5,10H2,1H3,(H,18,20)/b9-7+. The van der Waals surface area contributed by atoms with Gasteiger partial charge in [0.2, 0.25) is 5.91 Å². The van der Waals surface area contributed by atoms with Crippen molar-refractivity contribution in [3.63, 3.8) is 0 Å². The summed E-state index contributed by atoms with van der Waals surface area (Å²) in [5.41, 5.74) is 0. The van der Waals surface area contributed by atoms with Gasteiger partial charge in [-0.15, -0.1) is 0 Å². The molecular formula is C17H23NO3. The first-order valence-corrected chi connectivity index (χ1v) is 7.90. The fourth-order valence-electron chi connectivity index (χ4n) is 3.04. The molecule has 4 heteroatoms. The second-order valence-electron chi connectivity index (χ2n) is 6.36. The maximum Gasteiger partial charge on any atom is 0.244 e. The largest absolute Gasteiger partial charge is 0.461 e. The maximum atomic E-state index is 11.9. The predicted molar refractivity (Wildman–Crippen MR) is 80.7 cm³/mol. The van der Waals surface area contributed by atoms with Crippen molar-refractivity contribution < 1.29 is 14.3 Å². The van der Waals surface area contributed by atoms with Gasteiger partial charge in [-0.1, -0.05) is 19.8 Å². The van der Waals surface area contributed by atoms with E-state index >= 15 is 0 Å². The van der Waals surface area contributed by atoms with Gasteiger partial charge in [-0.3, -0.25) is 4.79 Å². The molecule has 4 nitrogen and oxygen atoms in total. The molecule has 2 fully saturated rings. The first-order valence-electron chi connectivity index (χ1n) is 7.90. The molecule has 0 aliphatic heterocycles. The van der Waals surface area contributed by atoms with Gasteiger partial charge in [0.25, 0.3) is 0 Å². The molecule has 3 rings (SSSR count). The Morgan fingerprint density at radius 3 is 2.86 bits per heavy atom. The number of rotatable bonds is 4. The first kappa shape index (κ1) is 14.4. The van der Waals surface area contributed by atoms with Gasteiger partial charge < -0.3 is 14.8 Å². The molecule has 1 aromatic heterocycles. The Morgan fingerprint density at radius 2 is 2.14 bits per heavy atom. The lowest BCUT2D eigenvalue weighted by Gasteiger charge is -2.27. The highest BCUT2D eigenvalue weighted by Crippen LogP contribution is 2.47. The lowest BCUT2D eigenvalue weighted by atomic mass is 9.92.